The summed E-state index contributed by atoms with van der Waals surface area (Å²) in [6, 6.07) is 1.74. The van der Waals surface area contributed by atoms with Gasteiger partial charge in [0.25, 0.3) is 0 Å². The van der Waals surface area contributed by atoms with Crippen LogP contribution in [0.15, 0.2) is 16.7 Å². The molecule has 0 aliphatic heterocycles. The smallest absolute Gasteiger partial charge is 0.224 e. The fourth-order valence-electron chi connectivity index (χ4n) is 1.07. The number of amides is 1. The van der Waals surface area contributed by atoms with E-state index in [-0.39, 0.29) is 11.9 Å². The van der Waals surface area contributed by atoms with Crippen LogP contribution in [0.2, 0.25) is 5.15 Å². The summed E-state index contributed by atoms with van der Waals surface area (Å²) in [5.41, 5.74) is 6.18. The van der Waals surface area contributed by atoms with Gasteiger partial charge in [0, 0.05) is 12.5 Å². The number of hydrogen-bond donors (Lipinski definition) is 2. The molecular formula is C10H13BrClN3O. The number of aromatic nitrogens is 1. The van der Waals surface area contributed by atoms with Crippen LogP contribution in [0.4, 0.5) is 5.69 Å². The predicted molar refractivity (Wildman–Crippen MR) is 68.5 cm³/mol. The molecule has 6 heteroatoms. The molecule has 0 bridgehead atoms. The molecule has 1 amide bonds. The maximum absolute atomic E-state index is 11.5. The molecule has 3 N–H and O–H groups in total. The van der Waals surface area contributed by atoms with Crippen LogP contribution in [0.3, 0.4) is 0 Å². The highest BCUT2D eigenvalue weighted by atomic mass is 79.9. The van der Waals surface area contributed by atoms with Crippen LogP contribution in [-0.4, -0.2) is 16.9 Å². The molecule has 0 radical (unpaired) electrons. The van der Waals surface area contributed by atoms with Crippen LogP contribution in [0.1, 0.15) is 19.8 Å². The van der Waals surface area contributed by atoms with Gasteiger partial charge in [-0.25, -0.2) is 4.98 Å². The number of nitrogens with zero attached hydrogens (tertiary/aromatic N) is 1. The van der Waals surface area contributed by atoms with E-state index >= 15 is 0 Å². The molecule has 0 saturated carbocycles. The van der Waals surface area contributed by atoms with Gasteiger partial charge in [0.15, 0.2) is 0 Å². The Bertz CT molecular complexity index is 384. The molecule has 0 aromatic carbocycles. The lowest BCUT2D eigenvalue weighted by Gasteiger charge is -2.07. The second-order valence-corrected chi connectivity index (χ2v) is 4.77. The molecule has 88 valence electrons. The fourth-order valence-corrected chi connectivity index (χ4v) is 1.52. The van der Waals surface area contributed by atoms with Crippen molar-refractivity contribution in [1.29, 1.82) is 0 Å². The highest BCUT2D eigenvalue weighted by Gasteiger charge is 2.06. The number of hydrogen-bond acceptors (Lipinski definition) is 3. The Labute approximate surface area is 108 Å². The van der Waals surface area contributed by atoms with Crippen molar-refractivity contribution in [3.8, 4) is 0 Å². The summed E-state index contributed by atoms with van der Waals surface area (Å²) < 4.78 is 0.652. The van der Waals surface area contributed by atoms with Crippen LogP contribution in [0.5, 0.6) is 0 Å². The molecule has 4 nitrogen and oxygen atoms in total. The lowest BCUT2D eigenvalue weighted by molar-refractivity contribution is -0.116. The molecule has 0 spiro atoms. The van der Waals surface area contributed by atoms with Crippen molar-refractivity contribution in [2.45, 2.75) is 25.8 Å². The molecule has 0 fully saturated rings. The Balaban J connectivity index is 2.53. The molecule has 1 heterocycles. The Kier molecular flexibility index (Phi) is 5.18. The van der Waals surface area contributed by atoms with E-state index in [2.05, 4.69) is 26.2 Å². The number of pyridine rings is 1. The van der Waals surface area contributed by atoms with Gasteiger partial charge in [0.1, 0.15) is 5.15 Å². The predicted octanol–water partition coefficient (Wildman–Crippen LogP) is 2.56. The minimum Gasteiger partial charge on any atom is -0.328 e. The molecule has 1 rings (SSSR count). The zero-order valence-electron chi connectivity index (χ0n) is 8.84. The number of carbonyl (C=O) groups is 1. The van der Waals surface area contributed by atoms with Gasteiger partial charge in [-0.15, -0.1) is 0 Å². The third kappa shape index (κ3) is 4.47. The van der Waals surface area contributed by atoms with Crippen molar-refractivity contribution < 1.29 is 4.79 Å². The molecule has 1 unspecified atom stereocenters. The zero-order chi connectivity index (χ0) is 12.1. The average molecular weight is 307 g/mol. The van der Waals surface area contributed by atoms with Crippen molar-refractivity contribution in [2.75, 3.05) is 5.32 Å². The Morgan fingerprint density at radius 1 is 1.75 bits per heavy atom. The van der Waals surface area contributed by atoms with E-state index in [4.69, 9.17) is 17.3 Å². The quantitative estimate of drug-likeness (QED) is 0.840. The lowest BCUT2D eigenvalue weighted by Crippen LogP contribution is -2.19. The van der Waals surface area contributed by atoms with Gasteiger partial charge in [-0.05, 0) is 35.3 Å². The molecule has 1 atom stereocenters. The number of nitrogens with one attached hydrogen (secondary N) is 1. The van der Waals surface area contributed by atoms with E-state index in [0.717, 1.165) is 0 Å². The van der Waals surface area contributed by atoms with Crippen molar-refractivity contribution in [2.24, 2.45) is 5.73 Å². The first kappa shape index (κ1) is 13.4. The van der Waals surface area contributed by atoms with Gasteiger partial charge in [0.2, 0.25) is 5.91 Å². The summed E-state index contributed by atoms with van der Waals surface area (Å²) in [5.74, 6) is -0.0756. The maximum Gasteiger partial charge on any atom is 0.224 e. The van der Waals surface area contributed by atoms with Gasteiger partial charge in [-0.3, -0.25) is 4.79 Å². The Morgan fingerprint density at radius 3 is 3.00 bits per heavy atom. The van der Waals surface area contributed by atoms with E-state index in [1.54, 1.807) is 6.07 Å². The van der Waals surface area contributed by atoms with E-state index in [0.29, 0.717) is 28.2 Å². The van der Waals surface area contributed by atoms with Crippen molar-refractivity contribution >= 4 is 39.1 Å². The topological polar surface area (TPSA) is 68.0 Å². The second-order valence-electron chi connectivity index (χ2n) is 3.56. The van der Waals surface area contributed by atoms with E-state index in [9.17, 15) is 4.79 Å². The molecular weight excluding hydrogens is 293 g/mol. The molecule has 1 aromatic rings. The fraction of sp³-hybridized carbons (Fsp3) is 0.400. The number of anilines is 1. The first-order valence-electron chi connectivity index (χ1n) is 4.85. The monoisotopic (exact) mass is 305 g/mol. The van der Waals surface area contributed by atoms with E-state index in [1.165, 1.54) is 6.20 Å². The van der Waals surface area contributed by atoms with Crippen molar-refractivity contribution in [3.63, 3.8) is 0 Å². The Morgan fingerprint density at radius 2 is 2.44 bits per heavy atom. The molecule has 0 aliphatic rings. The summed E-state index contributed by atoms with van der Waals surface area (Å²) in [6.07, 6.45) is 2.57. The maximum atomic E-state index is 11.5. The summed E-state index contributed by atoms with van der Waals surface area (Å²) in [4.78, 5) is 15.4. The van der Waals surface area contributed by atoms with Gasteiger partial charge < -0.3 is 11.1 Å². The minimum absolute atomic E-state index is 0.0285. The summed E-state index contributed by atoms with van der Waals surface area (Å²) in [5, 5.41) is 3.09. The number of carbonyl (C=O) groups excluding carboxylic acids is 1. The van der Waals surface area contributed by atoms with Gasteiger partial charge in [-0.1, -0.05) is 11.6 Å². The van der Waals surface area contributed by atoms with Crippen LogP contribution in [0, 0.1) is 0 Å². The summed E-state index contributed by atoms with van der Waals surface area (Å²) >= 11 is 8.97. The average Bonchev–Trinajstić information content (AvgIpc) is 2.21. The van der Waals surface area contributed by atoms with Gasteiger partial charge in [-0.2, -0.15) is 0 Å². The largest absolute Gasteiger partial charge is 0.328 e. The second kappa shape index (κ2) is 6.18. The first-order valence-corrected chi connectivity index (χ1v) is 6.02. The third-order valence-corrected chi connectivity index (χ3v) is 3.04. The number of rotatable bonds is 4. The minimum atomic E-state index is -0.0756. The summed E-state index contributed by atoms with van der Waals surface area (Å²) in [7, 11) is 0. The Hall–Kier alpha value is -0.650. The van der Waals surface area contributed by atoms with Crippen LogP contribution >= 0.6 is 27.5 Å². The van der Waals surface area contributed by atoms with Crippen LogP contribution in [0.25, 0.3) is 0 Å². The van der Waals surface area contributed by atoms with Gasteiger partial charge in [0.05, 0.1) is 16.4 Å². The molecule has 16 heavy (non-hydrogen) atoms. The highest BCUT2D eigenvalue weighted by molar-refractivity contribution is 9.10. The molecule has 1 aromatic heterocycles. The first-order chi connectivity index (χ1) is 7.49. The number of nitrogens with two attached hydrogens (primary N) is 1. The molecule has 0 aliphatic carbocycles. The van der Waals surface area contributed by atoms with Gasteiger partial charge >= 0.3 is 0 Å². The van der Waals surface area contributed by atoms with E-state index < -0.39 is 0 Å². The number of halogens is 2. The molecule has 0 saturated heterocycles. The van der Waals surface area contributed by atoms with E-state index in [1.807, 2.05) is 6.92 Å². The summed E-state index contributed by atoms with van der Waals surface area (Å²) in [6.45, 7) is 1.87. The SMILES string of the molecule is CC(N)CCC(=O)Nc1cnc(Cl)c(Br)c1. The standard InChI is InChI=1S/C10H13BrClN3O/c1-6(13)2-3-9(16)15-7-4-8(11)10(12)14-5-7/h4-6H,2-3,13H2,1H3,(H,15,16). The van der Waals surface area contributed by atoms with Crippen molar-refractivity contribution in [1.82, 2.24) is 4.98 Å². The third-order valence-electron chi connectivity index (χ3n) is 1.91. The van der Waals surface area contributed by atoms with Crippen LogP contribution < -0.4 is 11.1 Å². The van der Waals surface area contributed by atoms with Crippen molar-refractivity contribution in [3.05, 3.63) is 21.9 Å². The highest BCUT2D eigenvalue weighted by Crippen LogP contribution is 2.22. The van der Waals surface area contributed by atoms with Crippen LogP contribution in [-0.2, 0) is 4.79 Å². The lowest BCUT2D eigenvalue weighted by atomic mass is 10.2. The normalized spacial score (nSPS) is 12.2. The zero-order valence-corrected chi connectivity index (χ0v) is 11.2.